The molecule has 0 aliphatic carbocycles. The molecular weight excluding hydrogens is 282 g/mol. The Bertz CT molecular complexity index is 701. The van der Waals surface area contributed by atoms with Crippen molar-refractivity contribution in [3.63, 3.8) is 0 Å². The Morgan fingerprint density at radius 1 is 1.45 bits per heavy atom. The Morgan fingerprint density at radius 2 is 2.27 bits per heavy atom. The molecule has 114 valence electrons. The molecule has 0 aromatic carbocycles. The average molecular weight is 299 g/mol. The standard InChI is InChI=1S/C15H17N5O2/c1-16-7-11(8-17-2)14-6-12(10-21)19-20(14)13-4-5-15(22-3)18-9-13/h4-10,16H,1-3H3/b11-7+,17-8-. The van der Waals surface area contributed by atoms with E-state index in [0.29, 0.717) is 17.9 Å². The second-order valence-corrected chi connectivity index (χ2v) is 4.32. The van der Waals surface area contributed by atoms with Crippen LogP contribution < -0.4 is 10.1 Å². The van der Waals surface area contributed by atoms with E-state index < -0.39 is 0 Å². The monoisotopic (exact) mass is 299 g/mol. The summed E-state index contributed by atoms with van der Waals surface area (Å²) in [6, 6.07) is 5.25. The van der Waals surface area contributed by atoms with Crippen LogP contribution in [0.3, 0.4) is 0 Å². The third-order valence-electron chi connectivity index (χ3n) is 2.89. The summed E-state index contributed by atoms with van der Waals surface area (Å²) < 4.78 is 6.69. The number of hydrogen-bond acceptors (Lipinski definition) is 6. The van der Waals surface area contributed by atoms with E-state index in [1.54, 1.807) is 56.6 Å². The molecule has 0 aliphatic rings. The molecule has 0 unspecified atom stereocenters. The zero-order chi connectivity index (χ0) is 15.9. The lowest BCUT2D eigenvalue weighted by Gasteiger charge is -2.08. The highest BCUT2D eigenvalue weighted by Gasteiger charge is 2.13. The minimum Gasteiger partial charge on any atom is -0.481 e. The van der Waals surface area contributed by atoms with Crippen LogP contribution in [0, 0.1) is 0 Å². The van der Waals surface area contributed by atoms with Crippen molar-refractivity contribution < 1.29 is 9.53 Å². The Kier molecular flexibility index (Phi) is 5.02. The van der Waals surface area contributed by atoms with Gasteiger partial charge in [-0.05, 0) is 12.1 Å². The number of aliphatic imine (C=N–C) groups is 1. The number of rotatable bonds is 6. The molecule has 0 atom stereocenters. The van der Waals surface area contributed by atoms with Gasteiger partial charge in [0.1, 0.15) is 5.69 Å². The van der Waals surface area contributed by atoms with E-state index in [-0.39, 0.29) is 0 Å². The number of carbonyl (C=O) groups excluding carboxylic acids is 1. The molecule has 0 saturated heterocycles. The van der Waals surface area contributed by atoms with Crippen molar-refractivity contribution in [2.24, 2.45) is 4.99 Å². The maximum Gasteiger partial charge on any atom is 0.213 e. The van der Waals surface area contributed by atoms with E-state index in [1.807, 2.05) is 6.07 Å². The molecule has 0 fully saturated rings. The van der Waals surface area contributed by atoms with Crippen LogP contribution in [0.15, 0.2) is 35.6 Å². The summed E-state index contributed by atoms with van der Waals surface area (Å²) in [4.78, 5) is 19.3. The smallest absolute Gasteiger partial charge is 0.213 e. The van der Waals surface area contributed by atoms with E-state index >= 15 is 0 Å². The second kappa shape index (κ2) is 7.16. The zero-order valence-corrected chi connectivity index (χ0v) is 12.6. The maximum absolute atomic E-state index is 11.1. The first kappa shape index (κ1) is 15.4. The van der Waals surface area contributed by atoms with Crippen molar-refractivity contribution in [3.8, 4) is 11.6 Å². The summed E-state index contributed by atoms with van der Waals surface area (Å²) in [6.45, 7) is 0. The maximum atomic E-state index is 11.1. The number of allylic oxidation sites excluding steroid dienone is 1. The third-order valence-corrected chi connectivity index (χ3v) is 2.89. The number of aldehydes is 1. The quantitative estimate of drug-likeness (QED) is 0.643. The predicted octanol–water partition coefficient (Wildman–Crippen LogP) is 1.35. The molecule has 2 aromatic rings. The average Bonchev–Trinajstić information content (AvgIpc) is 2.99. The van der Waals surface area contributed by atoms with Crippen molar-refractivity contribution in [2.75, 3.05) is 21.2 Å². The Labute approximate surface area is 128 Å². The van der Waals surface area contributed by atoms with Gasteiger partial charge in [0.25, 0.3) is 0 Å². The number of carbonyl (C=O) groups is 1. The molecule has 0 amide bonds. The van der Waals surface area contributed by atoms with Crippen molar-refractivity contribution >= 4 is 18.1 Å². The summed E-state index contributed by atoms with van der Waals surface area (Å²) in [5.74, 6) is 0.508. The summed E-state index contributed by atoms with van der Waals surface area (Å²) in [6.07, 6.45) is 5.81. The van der Waals surface area contributed by atoms with Crippen molar-refractivity contribution in [2.45, 2.75) is 0 Å². The molecule has 0 saturated carbocycles. The molecule has 22 heavy (non-hydrogen) atoms. The molecule has 2 aromatic heterocycles. The van der Waals surface area contributed by atoms with E-state index in [0.717, 1.165) is 17.0 Å². The number of ether oxygens (including phenoxy) is 1. The van der Waals surface area contributed by atoms with E-state index in [4.69, 9.17) is 4.74 Å². The van der Waals surface area contributed by atoms with Crippen LogP contribution >= 0.6 is 0 Å². The van der Waals surface area contributed by atoms with Gasteiger partial charge in [0.15, 0.2) is 6.29 Å². The molecule has 7 heteroatoms. The first-order valence-corrected chi connectivity index (χ1v) is 6.59. The van der Waals surface area contributed by atoms with Crippen LogP contribution in [0.5, 0.6) is 5.88 Å². The lowest BCUT2D eigenvalue weighted by atomic mass is 10.2. The topological polar surface area (TPSA) is 81.4 Å². The Hall–Kier alpha value is -2.96. The fourth-order valence-corrected chi connectivity index (χ4v) is 1.95. The van der Waals surface area contributed by atoms with Crippen LogP contribution in [0.2, 0.25) is 0 Å². The normalized spacial score (nSPS) is 11.7. The predicted molar refractivity (Wildman–Crippen MR) is 84.8 cm³/mol. The zero-order valence-electron chi connectivity index (χ0n) is 12.6. The summed E-state index contributed by atoms with van der Waals surface area (Å²) >= 11 is 0. The number of hydrogen-bond donors (Lipinski definition) is 1. The molecule has 2 heterocycles. The van der Waals surface area contributed by atoms with Crippen molar-refractivity contribution in [3.05, 3.63) is 42.0 Å². The van der Waals surface area contributed by atoms with Gasteiger partial charge in [0.2, 0.25) is 5.88 Å². The van der Waals surface area contributed by atoms with Crippen LogP contribution in [0.1, 0.15) is 16.2 Å². The van der Waals surface area contributed by atoms with Crippen LogP contribution in [0.4, 0.5) is 0 Å². The minimum absolute atomic E-state index is 0.331. The molecular formula is C15H17N5O2. The van der Waals surface area contributed by atoms with Crippen LogP contribution in [-0.4, -0.2) is 48.5 Å². The highest BCUT2D eigenvalue weighted by atomic mass is 16.5. The summed E-state index contributed by atoms with van der Waals surface area (Å²) in [5.41, 5.74) is 2.57. The van der Waals surface area contributed by atoms with Gasteiger partial charge in [0.05, 0.1) is 24.7 Å². The van der Waals surface area contributed by atoms with Crippen molar-refractivity contribution in [1.29, 1.82) is 0 Å². The van der Waals surface area contributed by atoms with E-state index in [1.165, 1.54) is 0 Å². The Morgan fingerprint density at radius 3 is 2.82 bits per heavy atom. The highest BCUT2D eigenvalue weighted by Crippen LogP contribution is 2.19. The molecule has 0 bridgehead atoms. The summed E-state index contributed by atoms with van der Waals surface area (Å²) in [7, 11) is 5.02. The fourth-order valence-electron chi connectivity index (χ4n) is 1.95. The van der Waals surface area contributed by atoms with Crippen LogP contribution in [-0.2, 0) is 0 Å². The SMILES string of the molecule is C/N=C\C(=C/NC)c1cc(C=O)nn1-c1ccc(OC)nc1. The number of nitrogens with zero attached hydrogens (tertiary/aromatic N) is 4. The van der Waals surface area contributed by atoms with E-state index in [2.05, 4.69) is 20.4 Å². The van der Waals surface area contributed by atoms with Gasteiger partial charge in [-0.2, -0.15) is 5.10 Å². The van der Waals surface area contributed by atoms with E-state index in [9.17, 15) is 4.79 Å². The second-order valence-electron chi connectivity index (χ2n) is 4.32. The summed E-state index contributed by atoms with van der Waals surface area (Å²) in [5, 5.41) is 7.23. The minimum atomic E-state index is 0.331. The number of pyridine rings is 1. The molecule has 1 N–H and O–H groups in total. The van der Waals surface area contributed by atoms with Gasteiger partial charge in [-0.25, -0.2) is 9.67 Å². The van der Waals surface area contributed by atoms with Gasteiger partial charge < -0.3 is 10.1 Å². The first-order chi connectivity index (χ1) is 10.7. The fraction of sp³-hybridized carbons (Fsp3) is 0.200. The number of aromatic nitrogens is 3. The molecule has 0 aliphatic heterocycles. The largest absolute Gasteiger partial charge is 0.481 e. The number of nitrogens with one attached hydrogen (secondary N) is 1. The molecule has 7 nitrogen and oxygen atoms in total. The number of methoxy groups -OCH3 is 1. The van der Waals surface area contributed by atoms with Gasteiger partial charge in [-0.1, -0.05) is 0 Å². The molecule has 0 radical (unpaired) electrons. The molecule has 2 rings (SSSR count). The van der Waals surface area contributed by atoms with Gasteiger partial charge >= 0.3 is 0 Å². The first-order valence-electron chi connectivity index (χ1n) is 6.59. The van der Waals surface area contributed by atoms with Gasteiger partial charge in [-0.3, -0.25) is 9.79 Å². The lowest BCUT2D eigenvalue weighted by Crippen LogP contribution is -2.06. The lowest BCUT2D eigenvalue weighted by molar-refractivity contribution is 0.111. The third kappa shape index (κ3) is 3.20. The highest BCUT2D eigenvalue weighted by molar-refractivity contribution is 6.09. The van der Waals surface area contributed by atoms with Crippen LogP contribution in [0.25, 0.3) is 11.3 Å². The van der Waals surface area contributed by atoms with Gasteiger partial charge in [-0.15, -0.1) is 0 Å². The Balaban J connectivity index is 2.56. The molecule has 0 spiro atoms. The van der Waals surface area contributed by atoms with Gasteiger partial charge in [0, 0.05) is 38.1 Å². The van der Waals surface area contributed by atoms with Crippen molar-refractivity contribution in [1.82, 2.24) is 20.1 Å².